The highest BCUT2D eigenvalue weighted by Gasteiger charge is 2.39. The molecule has 1 saturated heterocycles. The van der Waals surface area contributed by atoms with Crippen LogP contribution in [0.3, 0.4) is 0 Å². The maximum absolute atomic E-state index is 4.42. The summed E-state index contributed by atoms with van der Waals surface area (Å²) in [6, 6.07) is 0. The topological polar surface area (TPSA) is 24.3 Å². The van der Waals surface area contributed by atoms with Gasteiger partial charge in [-0.25, -0.2) is 0 Å². The number of hydrogen-bond donors (Lipinski definition) is 0. The van der Waals surface area contributed by atoms with Crippen molar-refractivity contribution in [1.29, 1.82) is 0 Å². The van der Waals surface area contributed by atoms with Crippen molar-refractivity contribution in [2.75, 3.05) is 27.2 Å². The van der Waals surface area contributed by atoms with Crippen LogP contribution < -0.4 is 0 Å². The highest BCUT2D eigenvalue weighted by molar-refractivity contribution is 5.15. The molecule has 2 heterocycles. The SMILES string of the molecule is Cc1nn(C)cc1CN(C)CC1CCN(C)C1(C)C. The molecule has 108 valence electrons. The first-order valence-electron chi connectivity index (χ1n) is 7.19. The van der Waals surface area contributed by atoms with Crippen molar-refractivity contribution in [3.8, 4) is 0 Å². The van der Waals surface area contributed by atoms with Crippen molar-refractivity contribution in [1.82, 2.24) is 19.6 Å². The minimum absolute atomic E-state index is 0.318. The average molecular weight is 264 g/mol. The third-order valence-corrected chi connectivity index (χ3v) is 4.88. The molecular formula is C15H28N4. The maximum atomic E-state index is 4.42. The van der Waals surface area contributed by atoms with E-state index in [-0.39, 0.29) is 0 Å². The highest BCUT2D eigenvalue weighted by atomic mass is 15.3. The van der Waals surface area contributed by atoms with Gasteiger partial charge in [0.25, 0.3) is 0 Å². The number of aryl methyl sites for hydroxylation is 2. The summed E-state index contributed by atoms with van der Waals surface area (Å²) in [6.45, 7) is 10.2. The molecule has 1 aliphatic heterocycles. The van der Waals surface area contributed by atoms with E-state index < -0.39 is 0 Å². The summed E-state index contributed by atoms with van der Waals surface area (Å²) in [5.41, 5.74) is 2.81. The molecule has 19 heavy (non-hydrogen) atoms. The van der Waals surface area contributed by atoms with E-state index in [1.807, 2.05) is 11.7 Å². The van der Waals surface area contributed by atoms with Crippen molar-refractivity contribution in [2.24, 2.45) is 13.0 Å². The number of likely N-dealkylation sites (tertiary alicyclic amines) is 1. The summed E-state index contributed by atoms with van der Waals surface area (Å²) in [6.07, 6.45) is 3.44. The molecule has 1 aliphatic rings. The van der Waals surface area contributed by atoms with E-state index in [1.165, 1.54) is 18.5 Å². The Bertz CT molecular complexity index is 435. The van der Waals surface area contributed by atoms with E-state index >= 15 is 0 Å². The van der Waals surface area contributed by atoms with Gasteiger partial charge in [-0.05, 0) is 53.8 Å². The van der Waals surface area contributed by atoms with Crippen LogP contribution >= 0.6 is 0 Å². The minimum Gasteiger partial charge on any atom is -0.302 e. The number of hydrogen-bond acceptors (Lipinski definition) is 3. The Morgan fingerprint density at radius 3 is 2.58 bits per heavy atom. The Labute approximate surface area is 117 Å². The predicted octanol–water partition coefficient (Wildman–Crippen LogP) is 1.89. The Hall–Kier alpha value is -0.870. The summed E-state index contributed by atoms with van der Waals surface area (Å²) in [7, 11) is 6.46. The van der Waals surface area contributed by atoms with Crippen molar-refractivity contribution in [2.45, 2.75) is 39.3 Å². The molecule has 0 saturated carbocycles. The molecule has 0 aromatic carbocycles. The van der Waals surface area contributed by atoms with E-state index in [4.69, 9.17) is 0 Å². The Morgan fingerprint density at radius 2 is 2.11 bits per heavy atom. The number of rotatable bonds is 4. The van der Waals surface area contributed by atoms with Gasteiger partial charge in [-0.3, -0.25) is 4.68 Å². The van der Waals surface area contributed by atoms with Gasteiger partial charge in [0.05, 0.1) is 5.69 Å². The number of nitrogens with zero attached hydrogens (tertiary/aromatic N) is 4. The van der Waals surface area contributed by atoms with Gasteiger partial charge in [-0.2, -0.15) is 5.10 Å². The molecule has 4 heteroatoms. The summed E-state index contributed by atoms with van der Waals surface area (Å²) in [4.78, 5) is 4.93. The Morgan fingerprint density at radius 1 is 1.42 bits per heavy atom. The van der Waals surface area contributed by atoms with Crippen molar-refractivity contribution >= 4 is 0 Å². The van der Waals surface area contributed by atoms with Gasteiger partial charge in [0.1, 0.15) is 0 Å². The van der Waals surface area contributed by atoms with Crippen LogP contribution in [0.25, 0.3) is 0 Å². The fourth-order valence-corrected chi connectivity index (χ4v) is 3.15. The molecule has 1 aromatic rings. The van der Waals surface area contributed by atoms with E-state index in [1.54, 1.807) is 0 Å². The fourth-order valence-electron chi connectivity index (χ4n) is 3.15. The fraction of sp³-hybridized carbons (Fsp3) is 0.800. The third-order valence-electron chi connectivity index (χ3n) is 4.88. The summed E-state index contributed by atoms with van der Waals surface area (Å²) in [5, 5.41) is 4.42. The first-order valence-corrected chi connectivity index (χ1v) is 7.19. The van der Waals surface area contributed by atoms with E-state index in [0.29, 0.717) is 5.54 Å². The van der Waals surface area contributed by atoms with Gasteiger partial charge >= 0.3 is 0 Å². The van der Waals surface area contributed by atoms with Crippen LogP contribution in [0.15, 0.2) is 6.20 Å². The zero-order chi connectivity index (χ0) is 14.2. The lowest BCUT2D eigenvalue weighted by molar-refractivity contribution is 0.140. The van der Waals surface area contributed by atoms with Crippen LogP contribution in [0.1, 0.15) is 31.5 Å². The summed E-state index contributed by atoms with van der Waals surface area (Å²) in [5.74, 6) is 0.750. The van der Waals surface area contributed by atoms with Gasteiger partial charge in [0.15, 0.2) is 0 Å². The zero-order valence-corrected chi connectivity index (χ0v) is 13.3. The average Bonchev–Trinajstić information content (AvgIpc) is 2.73. The van der Waals surface area contributed by atoms with Crippen LogP contribution in [0.5, 0.6) is 0 Å². The van der Waals surface area contributed by atoms with Crippen LogP contribution in [0.4, 0.5) is 0 Å². The first kappa shape index (κ1) is 14.5. The molecule has 4 nitrogen and oxygen atoms in total. The second-order valence-corrected chi connectivity index (χ2v) is 6.67. The van der Waals surface area contributed by atoms with Crippen LogP contribution in [-0.2, 0) is 13.6 Å². The largest absolute Gasteiger partial charge is 0.302 e. The van der Waals surface area contributed by atoms with E-state index in [2.05, 4.69) is 56.0 Å². The molecule has 1 atom stereocenters. The lowest BCUT2D eigenvalue weighted by Gasteiger charge is -2.35. The molecule has 0 aliphatic carbocycles. The molecule has 1 unspecified atom stereocenters. The van der Waals surface area contributed by atoms with Crippen LogP contribution in [0, 0.1) is 12.8 Å². The standard InChI is InChI=1S/C15H28N4/c1-12-13(10-19(6)16-12)9-17(4)11-14-7-8-18(5)15(14,2)3/h10,14H,7-9,11H2,1-6H3. The first-order chi connectivity index (χ1) is 8.80. The smallest absolute Gasteiger partial charge is 0.0638 e. The third kappa shape index (κ3) is 3.00. The molecule has 0 radical (unpaired) electrons. The van der Waals surface area contributed by atoms with Crippen molar-refractivity contribution in [3.63, 3.8) is 0 Å². The molecule has 0 bridgehead atoms. The zero-order valence-electron chi connectivity index (χ0n) is 13.3. The maximum Gasteiger partial charge on any atom is 0.0638 e. The van der Waals surface area contributed by atoms with Crippen LogP contribution in [-0.4, -0.2) is 52.3 Å². The quantitative estimate of drug-likeness (QED) is 0.830. The second-order valence-electron chi connectivity index (χ2n) is 6.67. The summed E-state index contributed by atoms with van der Waals surface area (Å²) >= 11 is 0. The highest BCUT2D eigenvalue weighted by Crippen LogP contribution is 2.33. The molecule has 1 aromatic heterocycles. The lowest BCUT2D eigenvalue weighted by Crippen LogP contribution is -2.43. The molecule has 0 spiro atoms. The van der Waals surface area contributed by atoms with Gasteiger partial charge in [0, 0.05) is 37.4 Å². The Kier molecular flexibility index (Phi) is 4.02. The van der Waals surface area contributed by atoms with E-state index in [0.717, 1.165) is 24.7 Å². The van der Waals surface area contributed by atoms with Gasteiger partial charge < -0.3 is 9.80 Å². The molecule has 1 fully saturated rings. The van der Waals surface area contributed by atoms with Crippen LogP contribution in [0.2, 0.25) is 0 Å². The Balaban J connectivity index is 1.95. The molecule has 0 amide bonds. The molecular weight excluding hydrogens is 236 g/mol. The number of aromatic nitrogens is 2. The van der Waals surface area contributed by atoms with Gasteiger partial charge in [-0.1, -0.05) is 0 Å². The second kappa shape index (κ2) is 5.25. The van der Waals surface area contributed by atoms with Crippen molar-refractivity contribution < 1.29 is 0 Å². The minimum atomic E-state index is 0.318. The molecule has 2 rings (SSSR count). The van der Waals surface area contributed by atoms with E-state index in [9.17, 15) is 0 Å². The normalized spacial score (nSPS) is 23.4. The van der Waals surface area contributed by atoms with Gasteiger partial charge in [-0.15, -0.1) is 0 Å². The summed E-state index contributed by atoms with van der Waals surface area (Å²) < 4.78 is 1.91. The predicted molar refractivity (Wildman–Crippen MR) is 79.1 cm³/mol. The molecule has 0 N–H and O–H groups in total. The van der Waals surface area contributed by atoms with Gasteiger partial charge in [0.2, 0.25) is 0 Å². The van der Waals surface area contributed by atoms with Crippen molar-refractivity contribution in [3.05, 3.63) is 17.5 Å². The monoisotopic (exact) mass is 264 g/mol. The lowest BCUT2D eigenvalue weighted by atomic mass is 9.88.